The molecule has 0 bridgehead atoms. The second-order valence-corrected chi connectivity index (χ2v) is 8.47. The number of Topliss-reactive ketones (excluding diaryl/α,β-unsaturated/α-hetero) is 1. The molecule has 4 rings (SSSR count). The molecule has 0 radical (unpaired) electrons. The van der Waals surface area contributed by atoms with Gasteiger partial charge in [0, 0.05) is 35.3 Å². The lowest BCUT2D eigenvalue weighted by atomic mass is 10.1. The van der Waals surface area contributed by atoms with Gasteiger partial charge in [0.1, 0.15) is 0 Å². The van der Waals surface area contributed by atoms with Gasteiger partial charge >= 0.3 is 0 Å². The molecule has 0 saturated carbocycles. The first-order valence-electron chi connectivity index (χ1n) is 8.63. The Morgan fingerprint density at radius 3 is 3.15 bits per heavy atom. The number of fused-ring (bicyclic) bond motifs is 1. The molecule has 0 aliphatic carbocycles. The number of ether oxygens (including phenoxy) is 1. The zero-order valence-corrected chi connectivity index (χ0v) is 16.1. The summed E-state index contributed by atoms with van der Waals surface area (Å²) in [4.78, 5) is 16.0. The molecule has 136 valence electrons. The number of carbonyl (C=O) groups is 1. The molecule has 1 aromatic carbocycles. The number of benzene rings is 1. The average Bonchev–Trinajstić information content (AvgIpc) is 3.37. The standard InChI is InChI=1S/C18H20N4O2S2/c1-11-16(13-6-2-3-7-14(13)20-11)15(23)10-25-18-22-21-17(26-18)19-9-12-5-4-8-24-12/h2-3,6-7,12,20H,4-5,8-10H2,1H3,(H,19,21)/t12-/m1/s1. The number of aryl methyl sites for hydroxylation is 1. The highest BCUT2D eigenvalue weighted by Gasteiger charge is 2.18. The first kappa shape index (κ1) is 17.5. The van der Waals surface area contributed by atoms with Crippen LogP contribution in [0.4, 0.5) is 5.13 Å². The van der Waals surface area contributed by atoms with Crippen molar-refractivity contribution in [1.82, 2.24) is 15.2 Å². The van der Waals surface area contributed by atoms with Crippen molar-refractivity contribution in [1.29, 1.82) is 0 Å². The predicted octanol–water partition coefficient (Wildman–Crippen LogP) is 3.89. The van der Waals surface area contributed by atoms with E-state index >= 15 is 0 Å². The highest BCUT2D eigenvalue weighted by Crippen LogP contribution is 2.28. The zero-order chi connectivity index (χ0) is 17.9. The number of nitrogens with one attached hydrogen (secondary N) is 2. The molecule has 0 spiro atoms. The van der Waals surface area contributed by atoms with Gasteiger partial charge in [-0.05, 0) is 25.8 Å². The van der Waals surface area contributed by atoms with E-state index in [-0.39, 0.29) is 11.9 Å². The van der Waals surface area contributed by atoms with Gasteiger partial charge in [-0.2, -0.15) is 0 Å². The molecule has 2 N–H and O–H groups in total. The van der Waals surface area contributed by atoms with Crippen LogP contribution in [0.15, 0.2) is 28.6 Å². The lowest BCUT2D eigenvalue weighted by Crippen LogP contribution is -2.18. The van der Waals surface area contributed by atoms with Crippen LogP contribution in [0.3, 0.4) is 0 Å². The first-order valence-corrected chi connectivity index (χ1v) is 10.4. The number of ketones is 1. The number of carbonyl (C=O) groups excluding carboxylic acids is 1. The third-order valence-corrected chi connectivity index (χ3v) is 6.42. The fourth-order valence-corrected chi connectivity index (χ4v) is 4.81. The summed E-state index contributed by atoms with van der Waals surface area (Å²) < 4.78 is 6.39. The van der Waals surface area contributed by atoms with Gasteiger partial charge in [0.05, 0.1) is 11.9 Å². The third kappa shape index (κ3) is 3.77. The van der Waals surface area contributed by atoms with E-state index in [1.807, 2.05) is 31.2 Å². The molecule has 3 heterocycles. The number of aromatic amines is 1. The monoisotopic (exact) mass is 388 g/mol. The Hall–Kier alpha value is -1.90. The molecule has 0 amide bonds. The van der Waals surface area contributed by atoms with Crippen molar-refractivity contribution in [2.24, 2.45) is 0 Å². The highest BCUT2D eigenvalue weighted by molar-refractivity contribution is 8.01. The number of rotatable bonds is 7. The van der Waals surface area contributed by atoms with Gasteiger partial charge in [0.15, 0.2) is 10.1 Å². The van der Waals surface area contributed by atoms with E-state index in [0.29, 0.717) is 5.75 Å². The van der Waals surface area contributed by atoms with Gasteiger partial charge in [0.25, 0.3) is 0 Å². The van der Waals surface area contributed by atoms with Crippen molar-refractivity contribution in [3.8, 4) is 0 Å². The van der Waals surface area contributed by atoms with Gasteiger partial charge in [-0.15, -0.1) is 10.2 Å². The fourth-order valence-electron chi connectivity index (χ4n) is 3.18. The van der Waals surface area contributed by atoms with Gasteiger partial charge < -0.3 is 15.0 Å². The summed E-state index contributed by atoms with van der Waals surface area (Å²) >= 11 is 2.91. The highest BCUT2D eigenvalue weighted by atomic mass is 32.2. The summed E-state index contributed by atoms with van der Waals surface area (Å²) in [5, 5.41) is 13.3. The summed E-state index contributed by atoms with van der Waals surface area (Å²) in [6.07, 6.45) is 2.48. The molecule has 2 aromatic heterocycles. The summed E-state index contributed by atoms with van der Waals surface area (Å²) in [5.41, 5.74) is 2.68. The van der Waals surface area contributed by atoms with Crippen LogP contribution in [0.1, 0.15) is 28.9 Å². The molecule has 1 saturated heterocycles. The molecule has 0 unspecified atom stereocenters. The number of H-pyrrole nitrogens is 1. The smallest absolute Gasteiger partial charge is 0.206 e. The number of nitrogens with zero attached hydrogens (tertiary/aromatic N) is 2. The van der Waals surface area contributed by atoms with Crippen LogP contribution in [0.2, 0.25) is 0 Å². The largest absolute Gasteiger partial charge is 0.376 e. The van der Waals surface area contributed by atoms with E-state index in [4.69, 9.17) is 4.74 Å². The molecule has 1 aliphatic heterocycles. The van der Waals surface area contributed by atoms with E-state index in [9.17, 15) is 4.79 Å². The van der Waals surface area contributed by atoms with Crippen LogP contribution >= 0.6 is 23.1 Å². The molecular formula is C18H20N4O2S2. The summed E-state index contributed by atoms with van der Waals surface area (Å²) in [6.45, 7) is 3.54. The van der Waals surface area contributed by atoms with Crippen LogP contribution in [0.25, 0.3) is 10.9 Å². The maximum absolute atomic E-state index is 12.7. The Kier molecular flexibility index (Phi) is 5.23. The van der Waals surface area contributed by atoms with Crippen LogP contribution in [0.5, 0.6) is 0 Å². The second kappa shape index (κ2) is 7.77. The van der Waals surface area contributed by atoms with Crippen LogP contribution in [-0.4, -0.2) is 46.0 Å². The zero-order valence-electron chi connectivity index (χ0n) is 14.4. The van der Waals surface area contributed by atoms with Crippen LogP contribution in [-0.2, 0) is 4.74 Å². The minimum absolute atomic E-state index is 0.106. The topological polar surface area (TPSA) is 79.9 Å². The normalized spacial score (nSPS) is 17.0. The predicted molar refractivity (Wildman–Crippen MR) is 105 cm³/mol. The van der Waals surface area contributed by atoms with Gasteiger partial charge in [0.2, 0.25) is 5.13 Å². The molecule has 8 heteroatoms. The number of aromatic nitrogens is 3. The van der Waals surface area contributed by atoms with Gasteiger partial charge in [-0.3, -0.25) is 4.79 Å². The SMILES string of the molecule is Cc1[nH]c2ccccc2c1C(=O)CSc1nnc(NC[C@H]2CCCO2)s1. The number of thioether (sulfide) groups is 1. The minimum Gasteiger partial charge on any atom is -0.376 e. The van der Waals surface area contributed by atoms with E-state index in [1.54, 1.807) is 0 Å². The molecule has 6 nitrogen and oxygen atoms in total. The maximum atomic E-state index is 12.7. The van der Waals surface area contributed by atoms with Crippen LogP contribution in [0, 0.1) is 6.92 Å². The van der Waals surface area contributed by atoms with E-state index in [0.717, 1.165) is 57.6 Å². The molecule has 1 atom stereocenters. The fraction of sp³-hybridized carbons (Fsp3) is 0.389. The Morgan fingerprint density at radius 1 is 1.42 bits per heavy atom. The number of para-hydroxylation sites is 1. The number of anilines is 1. The molecular weight excluding hydrogens is 368 g/mol. The van der Waals surface area contributed by atoms with Crippen molar-refractivity contribution in [2.45, 2.75) is 30.2 Å². The van der Waals surface area contributed by atoms with Crippen molar-refractivity contribution >= 4 is 44.9 Å². The van der Waals surface area contributed by atoms with E-state index < -0.39 is 0 Å². The quantitative estimate of drug-likeness (QED) is 0.472. The molecule has 3 aromatic rings. The second-order valence-electron chi connectivity index (χ2n) is 6.27. The van der Waals surface area contributed by atoms with Crippen molar-refractivity contribution in [3.05, 3.63) is 35.5 Å². The van der Waals surface area contributed by atoms with Crippen molar-refractivity contribution < 1.29 is 9.53 Å². The van der Waals surface area contributed by atoms with Crippen molar-refractivity contribution in [2.75, 3.05) is 24.2 Å². The number of hydrogen-bond acceptors (Lipinski definition) is 7. The van der Waals surface area contributed by atoms with Crippen LogP contribution < -0.4 is 5.32 Å². The molecule has 1 fully saturated rings. The Balaban J connectivity index is 1.36. The molecule has 1 aliphatic rings. The Labute approximate surface area is 159 Å². The minimum atomic E-state index is 0.106. The first-order chi connectivity index (χ1) is 12.7. The lowest BCUT2D eigenvalue weighted by molar-refractivity contribution is 0.102. The van der Waals surface area contributed by atoms with Gasteiger partial charge in [-0.1, -0.05) is 41.3 Å². The summed E-state index contributed by atoms with van der Waals surface area (Å²) in [5.74, 6) is 0.456. The lowest BCUT2D eigenvalue weighted by Gasteiger charge is -2.08. The van der Waals surface area contributed by atoms with E-state index in [2.05, 4.69) is 20.5 Å². The Morgan fingerprint density at radius 2 is 2.31 bits per heavy atom. The average molecular weight is 389 g/mol. The van der Waals surface area contributed by atoms with Gasteiger partial charge in [-0.25, -0.2) is 0 Å². The third-order valence-electron chi connectivity index (χ3n) is 4.41. The summed E-state index contributed by atoms with van der Waals surface area (Å²) in [7, 11) is 0. The maximum Gasteiger partial charge on any atom is 0.206 e. The molecule has 26 heavy (non-hydrogen) atoms. The Bertz CT molecular complexity index is 915. The number of hydrogen-bond donors (Lipinski definition) is 2. The van der Waals surface area contributed by atoms with Crippen molar-refractivity contribution in [3.63, 3.8) is 0 Å². The van der Waals surface area contributed by atoms with E-state index in [1.165, 1.54) is 23.1 Å². The summed E-state index contributed by atoms with van der Waals surface area (Å²) in [6, 6.07) is 7.89.